The molecule has 3 rings (SSSR count). The fourth-order valence-corrected chi connectivity index (χ4v) is 4.45. The zero-order valence-corrected chi connectivity index (χ0v) is 15.8. The molecule has 0 bridgehead atoms. The average molecular weight is 357 g/mol. The smallest absolute Gasteiger partial charge is 0.292 e. The molecule has 142 valence electrons. The molecular weight excluding hydrogens is 326 g/mol. The van der Waals surface area contributed by atoms with Gasteiger partial charge in [0.15, 0.2) is 0 Å². The first-order valence-corrected chi connectivity index (χ1v) is 10.1. The van der Waals surface area contributed by atoms with Crippen LogP contribution in [-0.2, 0) is 0 Å². The number of hydrogen-bond donors (Lipinski definition) is 1. The highest BCUT2D eigenvalue weighted by Crippen LogP contribution is 2.30. The van der Waals surface area contributed by atoms with Crippen LogP contribution in [0, 0.1) is 10.1 Å². The first-order chi connectivity index (χ1) is 12.6. The van der Waals surface area contributed by atoms with E-state index in [0.29, 0.717) is 17.8 Å². The molecule has 1 N–H and O–H groups in total. The summed E-state index contributed by atoms with van der Waals surface area (Å²) in [5.74, 6) is 0. The Morgan fingerprint density at radius 2 is 2.08 bits per heavy atom. The minimum absolute atomic E-state index is 0.158. The van der Waals surface area contributed by atoms with Crippen molar-refractivity contribution in [3.8, 4) is 0 Å². The van der Waals surface area contributed by atoms with Crippen LogP contribution in [0.3, 0.4) is 0 Å². The van der Waals surface area contributed by atoms with Gasteiger partial charge in [0.05, 0.1) is 4.92 Å². The first-order valence-electron chi connectivity index (χ1n) is 10.1. The predicted octanol–water partition coefficient (Wildman–Crippen LogP) is 5.14. The molecule has 0 saturated carbocycles. The molecule has 0 radical (unpaired) electrons. The molecule has 0 aromatic heterocycles. The van der Waals surface area contributed by atoms with E-state index in [4.69, 9.17) is 0 Å². The molecule has 1 aromatic rings. The minimum Gasteiger partial charge on any atom is -0.377 e. The van der Waals surface area contributed by atoms with Crippen molar-refractivity contribution in [1.82, 2.24) is 4.90 Å². The molecule has 5 heteroatoms. The topological polar surface area (TPSA) is 58.4 Å². The normalized spacial score (nSPS) is 26.7. The monoisotopic (exact) mass is 357 g/mol. The fourth-order valence-electron chi connectivity index (χ4n) is 4.45. The van der Waals surface area contributed by atoms with Crippen molar-refractivity contribution < 1.29 is 4.92 Å². The summed E-state index contributed by atoms with van der Waals surface area (Å²) in [6.07, 6.45) is 14.8. The SMILES string of the molecule is C[C@@H](C[C@@H]1CCCN1C1/C=C\CCCCC1)Nc1ccccc1[N+](=O)[O-]. The quantitative estimate of drug-likeness (QED) is 0.435. The van der Waals surface area contributed by atoms with Crippen molar-refractivity contribution >= 4 is 11.4 Å². The maximum Gasteiger partial charge on any atom is 0.292 e. The summed E-state index contributed by atoms with van der Waals surface area (Å²) in [7, 11) is 0. The molecule has 1 heterocycles. The van der Waals surface area contributed by atoms with Crippen molar-refractivity contribution in [3.05, 3.63) is 46.5 Å². The number of hydrogen-bond acceptors (Lipinski definition) is 4. The van der Waals surface area contributed by atoms with E-state index in [2.05, 4.69) is 29.3 Å². The molecule has 0 amide bonds. The van der Waals surface area contributed by atoms with Crippen LogP contribution in [-0.4, -0.2) is 34.5 Å². The molecule has 26 heavy (non-hydrogen) atoms. The summed E-state index contributed by atoms with van der Waals surface area (Å²) < 4.78 is 0. The lowest BCUT2D eigenvalue weighted by atomic mass is 9.99. The van der Waals surface area contributed by atoms with E-state index in [9.17, 15) is 10.1 Å². The molecule has 1 aliphatic carbocycles. The van der Waals surface area contributed by atoms with Gasteiger partial charge in [-0.25, -0.2) is 0 Å². The minimum atomic E-state index is -0.309. The Morgan fingerprint density at radius 3 is 2.92 bits per heavy atom. The zero-order valence-electron chi connectivity index (χ0n) is 15.8. The number of allylic oxidation sites excluding steroid dienone is 1. The van der Waals surface area contributed by atoms with E-state index in [1.807, 2.05) is 6.07 Å². The highest BCUT2D eigenvalue weighted by atomic mass is 16.6. The molecule has 1 fully saturated rings. The molecule has 5 nitrogen and oxygen atoms in total. The summed E-state index contributed by atoms with van der Waals surface area (Å²) in [6.45, 7) is 3.32. The van der Waals surface area contributed by atoms with Crippen molar-refractivity contribution in [1.29, 1.82) is 0 Å². The van der Waals surface area contributed by atoms with E-state index in [1.165, 1.54) is 51.5 Å². The molecule has 1 unspecified atom stereocenters. The Bertz CT molecular complexity index is 631. The first kappa shape index (κ1) is 18.9. The third-order valence-electron chi connectivity index (χ3n) is 5.71. The Kier molecular flexibility index (Phi) is 6.67. The van der Waals surface area contributed by atoms with E-state index in [-0.39, 0.29) is 16.7 Å². The maximum atomic E-state index is 11.2. The average Bonchev–Trinajstić information content (AvgIpc) is 3.02. The number of para-hydroxylation sites is 2. The van der Waals surface area contributed by atoms with E-state index in [0.717, 1.165) is 6.42 Å². The van der Waals surface area contributed by atoms with Crippen LogP contribution in [0.15, 0.2) is 36.4 Å². The number of anilines is 1. The van der Waals surface area contributed by atoms with Crippen molar-refractivity contribution in [3.63, 3.8) is 0 Å². The van der Waals surface area contributed by atoms with Crippen LogP contribution in [0.2, 0.25) is 0 Å². The van der Waals surface area contributed by atoms with Gasteiger partial charge in [-0.05, 0) is 58.1 Å². The van der Waals surface area contributed by atoms with Crippen LogP contribution < -0.4 is 5.32 Å². The third kappa shape index (κ3) is 4.85. The van der Waals surface area contributed by atoms with Gasteiger partial charge < -0.3 is 5.32 Å². The molecule has 3 atom stereocenters. The zero-order chi connectivity index (χ0) is 18.4. The van der Waals surface area contributed by atoms with Crippen molar-refractivity contribution in [2.45, 2.75) is 76.4 Å². The lowest BCUT2D eigenvalue weighted by molar-refractivity contribution is -0.384. The second-order valence-corrected chi connectivity index (χ2v) is 7.72. The lowest BCUT2D eigenvalue weighted by Crippen LogP contribution is -2.40. The molecular formula is C21H31N3O2. The predicted molar refractivity (Wildman–Crippen MR) is 107 cm³/mol. The standard InChI is InChI=1S/C21H31N3O2/c1-17(22-20-13-7-8-14-21(20)24(25)26)16-19-12-9-15-23(19)18-10-5-3-2-4-6-11-18/h5,7-8,10,13-14,17-19,22H,2-4,6,9,11-12,15-16H2,1H3/b10-5-/t17-,18?,19-/m0/s1. The molecule has 0 spiro atoms. The Balaban J connectivity index is 1.62. The third-order valence-corrected chi connectivity index (χ3v) is 5.71. The van der Waals surface area contributed by atoms with E-state index < -0.39 is 0 Å². The van der Waals surface area contributed by atoms with Gasteiger partial charge in [0.25, 0.3) is 5.69 Å². The van der Waals surface area contributed by atoms with Gasteiger partial charge in [0, 0.05) is 24.2 Å². The molecule has 1 saturated heterocycles. The summed E-state index contributed by atoms with van der Waals surface area (Å²) in [4.78, 5) is 13.6. The van der Waals surface area contributed by atoms with Crippen LogP contribution >= 0.6 is 0 Å². The Hall–Kier alpha value is -1.88. The van der Waals surface area contributed by atoms with Crippen LogP contribution in [0.4, 0.5) is 11.4 Å². The number of nitro groups is 1. The number of likely N-dealkylation sites (tertiary alicyclic amines) is 1. The molecule has 1 aromatic carbocycles. The summed E-state index contributed by atoms with van der Waals surface area (Å²) >= 11 is 0. The number of nitrogens with one attached hydrogen (secondary N) is 1. The van der Waals surface area contributed by atoms with Crippen molar-refractivity contribution in [2.24, 2.45) is 0 Å². The number of nitro benzene ring substituents is 1. The summed E-state index contributed by atoms with van der Waals surface area (Å²) in [6, 6.07) is 8.28. The highest BCUT2D eigenvalue weighted by molar-refractivity contribution is 5.61. The largest absolute Gasteiger partial charge is 0.377 e. The van der Waals surface area contributed by atoms with Crippen molar-refractivity contribution in [2.75, 3.05) is 11.9 Å². The molecule has 2 aliphatic rings. The van der Waals surface area contributed by atoms with Gasteiger partial charge >= 0.3 is 0 Å². The number of rotatable bonds is 6. The van der Waals surface area contributed by atoms with Gasteiger partial charge in [-0.15, -0.1) is 0 Å². The van der Waals surface area contributed by atoms with Crippen LogP contribution in [0.5, 0.6) is 0 Å². The van der Waals surface area contributed by atoms with E-state index >= 15 is 0 Å². The lowest BCUT2D eigenvalue weighted by Gasteiger charge is -2.33. The summed E-state index contributed by atoms with van der Waals surface area (Å²) in [5.41, 5.74) is 0.783. The van der Waals surface area contributed by atoms with Crippen LogP contribution in [0.1, 0.15) is 58.3 Å². The second-order valence-electron chi connectivity index (χ2n) is 7.72. The van der Waals surface area contributed by atoms with Gasteiger partial charge in [-0.1, -0.05) is 37.1 Å². The Labute approximate surface area is 156 Å². The number of nitrogens with zero attached hydrogens (tertiary/aromatic N) is 2. The second kappa shape index (κ2) is 9.17. The fraction of sp³-hybridized carbons (Fsp3) is 0.619. The maximum absolute atomic E-state index is 11.2. The van der Waals surface area contributed by atoms with Gasteiger partial charge in [-0.3, -0.25) is 15.0 Å². The molecule has 1 aliphatic heterocycles. The van der Waals surface area contributed by atoms with E-state index in [1.54, 1.807) is 18.2 Å². The van der Waals surface area contributed by atoms with Gasteiger partial charge in [0.2, 0.25) is 0 Å². The Morgan fingerprint density at radius 1 is 1.23 bits per heavy atom. The summed E-state index contributed by atoms with van der Waals surface area (Å²) in [5, 5.41) is 14.6. The highest BCUT2D eigenvalue weighted by Gasteiger charge is 2.30. The number of benzene rings is 1. The van der Waals surface area contributed by atoms with Gasteiger partial charge in [-0.2, -0.15) is 0 Å². The van der Waals surface area contributed by atoms with Gasteiger partial charge in [0.1, 0.15) is 5.69 Å². The van der Waals surface area contributed by atoms with Crippen LogP contribution in [0.25, 0.3) is 0 Å².